The topological polar surface area (TPSA) is 67.9 Å². The minimum Gasteiger partial charge on any atom is -0.357 e. The first-order chi connectivity index (χ1) is 16.0. The molecule has 5 rings (SSSR count). The van der Waals surface area contributed by atoms with Crippen LogP contribution in [0.4, 0.5) is 8.78 Å². The molecule has 0 unspecified atom stereocenters. The maximum absolute atomic E-state index is 13.8. The molecular formula is C27H17F2N3O. The van der Waals surface area contributed by atoms with Crippen molar-refractivity contribution >= 4 is 11.9 Å². The van der Waals surface area contributed by atoms with Crippen molar-refractivity contribution in [2.24, 2.45) is 5.41 Å². The highest BCUT2D eigenvalue weighted by Crippen LogP contribution is 2.60. The van der Waals surface area contributed by atoms with Crippen LogP contribution in [-0.4, -0.2) is 16.7 Å². The van der Waals surface area contributed by atoms with Gasteiger partial charge in [0.05, 0.1) is 18.2 Å². The van der Waals surface area contributed by atoms with E-state index < -0.39 is 35.1 Å². The quantitative estimate of drug-likeness (QED) is 0.517. The summed E-state index contributed by atoms with van der Waals surface area (Å²) < 4.78 is 27.2. The molecule has 3 atom stereocenters. The molecule has 0 aliphatic carbocycles. The van der Waals surface area contributed by atoms with Crippen molar-refractivity contribution in [2.75, 3.05) is 0 Å². The smallest absolute Gasteiger partial charge is 0.185 e. The monoisotopic (exact) mass is 437 g/mol. The first-order valence-electron chi connectivity index (χ1n) is 10.4. The van der Waals surface area contributed by atoms with E-state index in [1.54, 1.807) is 11.1 Å². The van der Waals surface area contributed by atoms with Crippen molar-refractivity contribution in [3.8, 4) is 12.1 Å². The van der Waals surface area contributed by atoms with Gasteiger partial charge in [0.1, 0.15) is 17.7 Å². The summed E-state index contributed by atoms with van der Waals surface area (Å²) in [4.78, 5) is 15.6. The van der Waals surface area contributed by atoms with Gasteiger partial charge in [-0.2, -0.15) is 10.5 Å². The number of halogens is 2. The van der Waals surface area contributed by atoms with Crippen LogP contribution in [0.2, 0.25) is 0 Å². The lowest BCUT2D eigenvalue weighted by molar-refractivity contribution is 0.0874. The first kappa shape index (κ1) is 20.6. The van der Waals surface area contributed by atoms with Gasteiger partial charge >= 0.3 is 0 Å². The third-order valence-electron chi connectivity index (χ3n) is 6.57. The number of carbonyl (C=O) groups excluding carboxylic acids is 1. The standard InChI is InChI=1S/C27H17F2N3O/c28-20-9-5-18(6-10-20)23-24(25(33)19-7-11-21(29)12-8-19)32-14-13-17-3-1-2-4-22(17)26(32)27(23,15-30)16-31/h1-14,23-24,26H/t23-,24+,26-/m0/s1. The molecule has 1 saturated heterocycles. The Bertz CT molecular complexity index is 1340. The van der Waals surface area contributed by atoms with Crippen LogP contribution in [0.3, 0.4) is 0 Å². The van der Waals surface area contributed by atoms with Gasteiger partial charge in [0, 0.05) is 17.7 Å². The van der Waals surface area contributed by atoms with Crippen LogP contribution in [0, 0.1) is 39.7 Å². The summed E-state index contributed by atoms with van der Waals surface area (Å²) in [5, 5.41) is 20.8. The van der Waals surface area contributed by atoms with Gasteiger partial charge in [-0.25, -0.2) is 8.78 Å². The number of ketones is 1. The average Bonchev–Trinajstić information content (AvgIpc) is 3.15. The summed E-state index contributed by atoms with van der Waals surface area (Å²) in [5.74, 6) is -2.14. The van der Waals surface area contributed by atoms with Crippen LogP contribution in [0.1, 0.15) is 39.0 Å². The Morgan fingerprint density at radius 2 is 1.48 bits per heavy atom. The number of fused-ring (bicyclic) bond motifs is 3. The number of nitriles is 2. The predicted molar refractivity (Wildman–Crippen MR) is 117 cm³/mol. The van der Waals surface area contributed by atoms with E-state index >= 15 is 0 Å². The van der Waals surface area contributed by atoms with Crippen LogP contribution in [-0.2, 0) is 0 Å². The summed E-state index contributed by atoms with van der Waals surface area (Å²) in [6.07, 6.45) is 3.59. The zero-order chi connectivity index (χ0) is 23.2. The van der Waals surface area contributed by atoms with Gasteiger partial charge < -0.3 is 4.90 Å². The number of nitrogens with zero attached hydrogens (tertiary/aromatic N) is 3. The molecule has 2 aliphatic heterocycles. The highest BCUT2D eigenvalue weighted by atomic mass is 19.1. The SMILES string of the molecule is N#CC1(C#N)[C@@H]2c3ccccc3C=CN2[C@@H](C(=O)c2ccc(F)cc2)[C@@H]1c1ccc(F)cc1. The Hall–Kier alpha value is -4.29. The number of hydrogen-bond donors (Lipinski definition) is 0. The van der Waals surface area contributed by atoms with Gasteiger partial charge in [0.2, 0.25) is 0 Å². The second kappa shape index (κ2) is 7.69. The van der Waals surface area contributed by atoms with E-state index in [0.717, 1.165) is 11.1 Å². The van der Waals surface area contributed by atoms with Gasteiger partial charge in [-0.3, -0.25) is 4.79 Å². The molecule has 0 saturated carbocycles. The summed E-state index contributed by atoms with van der Waals surface area (Å²) in [6, 6.07) is 21.0. The Balaban J connectivity index is 1.76. The second-order valence-electron chi connectivity index (χ2n) is 8.23. The van der Waals surface area contributed by atoms with Crippen molar-refractivity contribution in [1.29, 1.82) is 10.5 Å². The van der Waals surface area contributed by atoms with E-state index in [1.807, 2.05) is 30.3 Å². The van der Waals surface area contributed by atoms with Crippen molar-refractivity contribution in [3.63, 3.8) is 0 Å². The number of benzene rings is 3. The maximum Gasteiger partial charge on any atom is 0.185 e. The molecule has 160 valence electrons. The molecule has 2 aliphatic rings. The van der Waals surface area contributed by atoms with Gasteiger partial charge in [-0.05, 0) is 59.2 Å². The highest BCUT2D eigenvalue weighted by Gasteiger charge is 2.63. The van der Waals surface area contributed by atoms with Crippen LogP contribution >= 0.6 is 0 Å². The summed E-state index contributed by atoms with van der Waals surface area (Å²) >= 11 is 0. The zero-order valence-corrected chi connectivity index (χ0v) is 17.3. The normalized spacial score (nSPS) is 22.1. The van der Waals surface area contributed by atoms with Gasteiger partial charge in [0.15, 0.2) is 11.2 Å². The van der Waals surface area contributed by atoms with Crippen molar-refractivity contribution in [1.82, 2.24) is 4.90 Å². The van der Waals surface area contributed by atoms with Crippen LogP contribution in [0.15, 0.2) is 79.0 Å². The molecule has 0 amide bonds. The van der Waals surface area contributed by atoms with Crippen molar-refractivity contribution in [3.05, 3.63) is 113 Å². The molecule has 4 nitrogen and oxygen atoms in total. The van der Waals surface area contributed by atoms with Gasteiger partial charge in [0.25, 0.3) is 0 Å². The molecule has 33 heavy (non-hydrogen) atoms. The molecule has 0 bridgehead atoms. The predicted octanol–water partition coefficient (Wildman–Crippen LogP) is 5.37. The first-order valence-corrected chi connectivity index (χ1v) is 10.4. The van der Waals surface area contributed by atoms with Crippen LogP contribution < -0.4 is 0 Å². The van der Waals surface area contributed by atoms with Crippen LogP contribution in [0.5, 0.6) is 0 Å². The fourth-order valence-electron chi connectivity index (χ4n) is 5.12. The average molecular weight is 437 g/mol. The van der Waals surface area contributed by atoms with E-state index in [2.05, 4.69) is 12.1 Å². The third kappa shape index (κ3) is 3.03. The highest BCUT2D eigenvalue weighted by molar-refractivity contribution is 6.01. The largest absolute Gasteiger partial charge is 0.357 e. The molecular weight excluding hydrogens is 420 g/mol. The summed E-state index contributed by atoms with van der Waals surface area (Å²) in [5.41, 5.74) is 0.788. The Kier molecular flexibility index (Phi) is 4.80. The van der Waals surface area contributed by atoms with Crippen molar-refractivity contribution < 1.29 is 13.6 Å². The van der Waals surface area contributed by atoms with E-state index in [-0.39, 0.29) is 11.3 Å². The molecule has 0 aromatic heterocycles. The molecule has 1 fully saturated rings. The van der Waals surface area contributed by atoms with Crippen LogP contribution in [0.25, 0.3) is 6.08 Å². The number of Topliss-reactive ketones (excluding diaryl/α,β-unsaturated/α-hetero) is 1. The van der Waals surface area contributed by atoms with Crippen molar-refractivity contribution in [2.45, 2.75) is 18.0 Å². The van der Waals surface area contributed by atoms with E-state index in [1.165, 1.54) is 48.5 Å². The molecule has 3 aromatic rings. The maximum atomic E-state index is 13.8. The lowest BCUT2D eigenvalue weighted by atomic mass is 9.67. The molecule has 6 heteroatoms. The summed E-state index contributed by atoms with van der Waals surface area (Å²) in [6.45, 7) is 0. The molecule has 0 N–H and O–H groups in total. The Morgan fingerprint density at radius 3 is 2.12 bits per heavy atom. The third-order valence-corrected chi connectivity index (χ3v) is 6.57. The lowest BCUT2D eigenvalue weighted by Gasteiger charge is -2.34. The van der Waals surface area contributed by atoms with E-state index in [9.17, 15) is 24.1 Å². The number of carbonyl (C=O) groups is 1. The Labute approximate surface area is 189 Å². The lowest BCUT2D eigenvalue weighted by Crippen LogP contribution is -2.37. The second-order valence-corrected chi connectivity index (χ2v) is 8.23. The summed E-state index contributed by atoms with van der Waals surface area (Å²) in [7, 11) is 0. The molecule has 0 radical (unpaired) electrons. The minimum absolute atomic E-state index is 0.270. The molecule has 3 aromatic carbocycles. The fraction of sp³-hybridized carbons (Fsp3) is 0.148. The number of hydrogen-bond acceptors (Lipinski definition) is 4. The fourth-order valence-corrected chi connectivity index (χ4v) is 5.12. The van der Waals surface area contributed by atoms with E-state index in [0.29, 0.717) is 5.56 Å². The zero-order valence-electron chi connectivity index (χ0n) is 17.3. The number of rotatable bonds is 3. The minimum atomic E-state index is -1.63. The van der Waals surface area contributed by atoms with Gasteiger partial charge in [-0.1, -0.05) is 36.4 Å². The molecule has 0 spiro atoms. The molecule has 2 heterocycles. The van der Waals surface area contributed by atoms with Gasteiger partial charge in [-0.15, -0.1) is 0 Å². The Morgan fingerprint density at radius 1 is 0.879 bits per heavy atom. The van der Waals surface area contributed by atoms with E-state index in [4.69, 9.17) is 0 Å².